The number of ether oxygens (including phenoxy) is 2. The Morgan fingerprint density at radius 1 is 1.29 bits per heavy atom. The lowest BCUT2D eigenvalue weighted by atomic mass is 10.1. The number of hydrogen-bond donors (Lipinski definition) is 2. The van der Waals surface area contributed by atoms with Crippen LogP contribution in [0, 0.1) is 11.3 Å². The Bertz CT molecular complexity index is 858. The minimum Gasteiger partial charge on any atom is -0.492 e. The van der Waals surface area contributed by atoms with Gasteiger partial charge in [-0.25, -0.2) is 0 Å². The van der Waals surface area contributed by atoms with Crippen LogP contribution in [0.15, 0.2) is 23.6 Å². The Balaban J connectivity index is 2.22. The van der Waals surface area contributed by atoms with Crippen molar-refractivity contribution in [3.8, 4) is 28.0 Å². The van der Waals surface area contributed by atoms with Crippen molar-refractivity contribution in [2.75, 3.05) is 20.0 Å². The predicted molar refractivity (Wildman–Crippen MR) is 83.8 cm³/mol. The van der Waals surface area contributed by atoms with E-state index in [1.165, 1.54) is 11.3 Å². The maximum absolute atomic E-state index is 9.22. The summed E-state index contributed by atoms with van der Waals surface area (Å²) in [6.07, 6.45) is 0. The van der Waals surface area contributed by atoms with E-state index in [9.17, 15) is 5.26 Å². The van der Waals surface area contributed by atoms with Crippen LogP contribution in [-0.4, -0.2) is 19.2 Å². The summed E-state index contributed by atoms with van der Waals surface area (Å²) in [6.45, 7) is 0. The number of nitrogens with one attached hydrogen (secondary N) is 1. The molecule has 6 heteroatoms. The summed E-state index contributed by atoms with van der Waals surface area (Å²) >= 11 is 1.53. The molecular weight excluding hydrogens is 286 g/mol. The van der Waals surface area contributed by atoms with Gasteiger partial charge in [0.2, 0.25) is 0 Å². The third kappa shape index (κ3) is 1.99. The first-order valence-electron chi connectivity index (χ1n) is 6.20. The molecular formula is C15H13N3O2S. The lowest BCUT2D eigenvalue weighted by molar-refractivity contribution is 0.359. The van der Waals surface area contributed by atoms with Gasteiger partial charge in [-0.05, 0) is 17.7 Å². The number of nitrogen functional groups attached to an aromatic ring is 1. The van der Waals surface area contributed by atoms with Gasteiger partial charge in [0, 0.05) is 16.3 Å². The smallest absolute Gasteiger partial charge is 0.179 e. The van der Waals surface area contributed by atoms with Crippen LogP contribution in [-0.2, 0) is 0 Å². The van der Waals surface area contributed by atoms with E-state index in [1.807, 2.05) is 23.6 Å². The number of aromatic amines is 1. The second kappa shape index (κ2) is 5.04. The summed E-state index contributed by atoms with van der Waals surface area (Å²) in [4.78, 5) is 3.96. The van der Waals surface area contributed by atoms with Crippen LogP contribution in [0.3, 0.4) is 0 Å². The quantitative estimate of drug-likeness (QED) is 0.776. The van der Waals surface area contributed by atoms with E-state index in [1.54, 1.807) is 14.2 Å². The highest BCUT2D eigenvalue weighted by molar-refractivity contribution is 7.14. The Hall–Kier alpha value is -2.65. The van der Waals surface area contributed by atoms with Crippen LogP contribution in [0.4, 0.5) is 5.82 Å². The van der Waals surface area contributed by atoms with Crippen molar-refractivity contribution < 1.29 is 9.47 Å². The van der Waals surface area contributed by atoms with Gasteiger partial charge < -0.3 is 20.2 Å². The standard InChI is InChI=1S/C15H13N3O2S/c1-19-12-7-21-14(13(12)20-2)8-3-4-11-9(5-8)10(6-16)15(17)18-11/h3-5,7,18H,17H2,1-2H3. The molecule has 106 valence electrons. The molecule has 3 N–H and O–H groups in total. The number of thiophene rings is 1. The van der Waals surface area contributed by atoms with Crippen LogP contribution in [0.25, 0.3) is 21.3 Å². The molecule has 1 aromatic carbocycles. The third-order valence-corrected chi connectivity index (χ3v) is 4.33. The van der Waals surface area contributed by atoms with Gasteiger partial charge in [-0.1, -0.05) is 6.07 Å². The zero-order chi connectivity index (χ0) is 15.0. The molecule has 21 heavy (non-hydrogen) atoms. The summed E-state index contributed by atoms with van der Waals surface area (Å²) < 4.78 is 10.7. The van der Waals surface area contributed by atoms with E-state index in [-0.39, 0.29) is 0 Å². The number of nitrogens with zero attached hydrogens (tertiary/aromatic N) is 1. The first-order valence-corrected chi connectivity index (χ1v) is 7.08. The highest BCUT2D eigenvalue weighted by Crippen LogP contribution is 2.44. The molecule has 0 aliphatic heterocycles. The van der Waals surface area contributed by atoms with Crippen LogP contribution in [0.2, 0.25) is 0 Å². The number of nitrogens with two attached hydrogens (primary N) is 1. The summed E-state index contributed by atoms with van der Waals surface area (Å²) in [5.74, 6) is 1.79. The SMILES string of the molecule is COc1csc(-c2ccc3[nH]c(N)c(C#N)c3c2)c1OC. The Morgan fingerprint density at radius 3 is 2.76 bits per heavy atom. The monoisotopic (exact) mass is 299 g/mol. The molecule has 2 heterocycles. The molecule has 0 saturated carbocycles. The number of rotatable bonds is 3. The van der Waals surface area contributed by atoms with Gasteiger partial charge in [0.05, 0.1) is 19.1 Å². The topological polar surface area (TPSA) is 84.1 Å². The molecule has 0 spiro atoms. The van der Waals surface area contributed by atoms with Crippen molar-refractivity contribution >= 4 is 28.1 Å². The molecule has 5 nitrogen and oxygen atoms in total. The Kier molecular flexibility index (Phi) is 3.20. The molecule has 0 aliphatic rings. The van der Waals surface area contributed by atoms with Crippen molar-refractivity contribution in [2.45, 2.75) is 0 Å². The lowest BCUT2D eigenvalue weighted by Crippen LogP contribution is -1.88. The maximum atomic E-state index is 9.22. The van der Waals surface area contributed by atoms with Crippen molar-refractivity contribution in [1.29, 1.82) is 5.26 Å². The number of fused-ring (bicyclic) bond motifs is 1. The number of H-pyrrole nitrogens is 1. The molecule has 0 atom stereocenters. The molecule has 0 aliphatic carbocycles. The van der Waals surface area contributed by atoms with Gasteiger partial charge in [0.15, 0.2) is 11.5 Å². The number of benzene rings is 1. The minimum atomic E-state index is 0.389. The number of anilines is 1. The predicted octanol–water partition coefficient (Wildman–Crippen LogP) is 3.37. The second-order valence-electron chi connectivity index (χ2n) is 4.45. The first kappa shape index (κ1) is 13.3. The average molecular weight is 299 g/mol. The van der Waals surface area contributed by atoms with Crippen LogP contribution < -0.4 is 15.2 Å². The number of aromatic nitrogens is 1. The molecule has 3 aromatic rings. The average Bonchev–Trinajstić information content (AvgIpc) is 3.05. The van der Waals surface area contributed by atoms with Crippen LogP contribution >= 0.6 is 11.3 Å². The summed E-state index contributed by atoms with van der Waals surface area (Å²) in [7, 11) is 3.22. The van der Waals surface area contributed by atoms with Gasteiger partial charge in [-0.3, -0.25) is 0 Å². The van der Waals surface area contributed by atoms with Crippen LogP contribution in [0.1, 0.15) is 5.56 Å². The lowest BCUT2D eigenvalue weighted by Gasteiger charge is -2.05. The van der Waals surface area contributed by atoms with E-state index < -0.39 is 0 Å². The van der Waals surface area contributed by atoms with Gasteiger partial charge in [0.1, 0.15) is 17.5 Å². The van der Waals surface area contributed by atoms with E-state index >= 15 is 0 Å². The highest BCUT2D eigenvalue weighted by Gasteiger charge is 2.16. The molecule has 0 amide bonds. The van der Waals surface area contributed by atoms with Gasteiger partial charge in [0.25, 0.3) is 0 Å². The van der Waals surface area contributed by atoms with Crippen LogP contribution in [0.5, 0.6) is 11.5 Å². The fourth-order valence-electron chi connectivity index (χ4n) is 2.34. The molecule has 0 fully saturated rings. The van der Waals surface area contributed by atoms with Gasteiger partial charge in [-0.2, -0.15) is 5.26 Å². The van der Waals surface area contributed by atoms with Crippen molar-refractivity contribution in [3.05, 3.63) is 29.1 Å². The highest BCUT2D eigenvalue weighted by atomic mass is 32.1. The maximum Gasteiger partial charge on any atom is 0.179 e. The first-order chi connectivity index (χ1) is 10.2. The zero-order valence-electron chi connectivity index (χ0n) is 11.6. The van der Waals surface area contributed by atoms with E-state index in [0.717, 1.165) is 21.3 Å². The summed E-state index contributed by atoms with van der Waals surface area (Å²) in [5, 5.41) is 11.9. The second-order valence-corrected chi connectivity index (χ2v) is 5.33. The molecule has 0 bridgehead atoms. The summed E-state index contributed by atoms with van der Waals surface area (Å²) in [6, 6.07) is 7.95. The van der Waals surface area contributed by atoms with Gasteiger partial charge in [-0.15, -0.1) is 11.3 Å². The normalized spacial score (nSPS) is 10.5. The fourth-order valence-corrected chi connectivity index (χ4v) is 3.32. The van der Waals surface area contributed by atoms with E-state index in [0.29, 0.717) is 22.9 Å². The summed E-state index contributed by atoms with van der Waals surface area (Å²) in [5.41, 5.74) is 8.09. The van der Waals surface area contributed by atoms with E-state index in [2.05, 4.69) is 11.1 Å². The number of methoxy groups -OCH3 is 2. The Labute approximate surface area is 125 Å². The fraction of sp³-hybridized carbons (Fsp3) is 0.133. The molecule has 0 unspecified atom stereocenters. The number of hydrogen-bond acceptors (Lipinski definition) is 5. The zero-order valence-corrected chi connectivity index (χ0v) is 12.4. The van der Waals surface area contributed by atoms with Crippen molar-refractivity contribution in [1.82, 2.24) is 4.98 Å². The Morgan fingerprint density at radius 2 is 2.10 bits per heavy atom. The molecule has 3 rings (SSSR count). The molecule has 0 saturated heterocycles. The molecule has 2 aromatic heterocycles. The largest absolute Gasteiger partial charge is 0.492 e. The molecule has 0 radical (unpaired) electrons. The van der Waals surface area contributed by atoms with Crippen molar-refractivity contribution in [3.63, 3.8) is 0 Å². The minimum absolute atomic E-state index is 0.389. The van der Waals surface area contributed by atoms with E-state index in [4.69, 9.17) is 15.2 Å². The third-order valence-electron chi connectivity index (χ3n) is 3.34. The van der Waals surface area contributed by atoms with Gasteiger partial charge >= 0.3 is 0 Å². The number of nitriles is 1. The van der Waals surface area contributed by atoms with Crippen molar-refractivity contribution in [2.24, 2.45) is 0 Å².